The van der Waals surface area contributed by atoms with E-state index in [2.05, 4.69) is 21.2 Å². The van der Waals surface area contributed by atoms with Gasteiger partial charge in [-0.25, -0.2) is 0 Å². The molecule has 2 aromatic rings. The van der Waals surface area contributed by atoms with E-state index >= 15 is 0 Å². The molecule has 0 heterocycles. The molecule has 110 valence electrons. The van der Waals surface area contributed by atoms with E-state index in [0.29, 0.717) is 12.8 Å². The standard InChI is InChI=1S/C17H18BrNO2/c18-15-8-4-5-13(11-15)9-10-17(21)19-16(12-20)14-6-2-1-3-7-14/h1-8,11,16,20H,9-10,12H2,(H,19,21). The average Bonchev–Trinajstić information content (AvgIpc) is 2.51. The Morgan fingerprint density at radius 3 is 2.57 bits per heavy atom. The fourth-order valence-electron chi connectivity index (χ4n) is 2.14. The molecular formula is C17H18BrNO2. The molecular weight excluding hydrogens is 330 g/mol. The molecule has 1 atom stereocenters. The van der Waals surface area contributed by atoms with E-state index in [1.54, 1.807) is 0 Å². The van der Waals surface area contributed by atoms with Gasteiger partial charge in [-0.3, -0.25) is 4.79 Å². The van der Waals surface area contributed by atoms with Gasteiger partial charge in [0.25, 0.3) is 0 Å². The summed E-state index contributed by atoms with van der Waals surface area (Å²) >= 11 is 3.42. The van der Waals surface area contributed by atoms with Crippen LogP contribution in [-0.4, -0.2) is 17.6 Å². The number of amides is 1. The second-order valence-electron chi connectivity index (χ2n) is 4.84. The molecule has 0 fully saturated rings. The third-order valence-electron chi connectivity index (χ3n) is 3.25. The number of hydrogen-bond donors (Lipinski definition) is 2. The zero-order valence-corrected chi connectivity index (χ0v) is 13.2. The third kappa shape index (κ3) is 4.99. The van der Waals surface area contributed by atoms with Gasteiger partial charge in [0.2, 0.25) is 5.91 Å². The molecule has 0 aliphatic heterocycles. The molecule has 0 aromatic heterocycles. The highest BCUT2D eigenvalue weighted by Crippen LogP contribution is 2.14. The van der Waals surface area contributed by atoms with E-state index in [9.17, 15) is 9.90 Å². The van der Waals surface area contributed by atoms with Crippen molar-refractivity contribution >= 4 is 21.8 Å². The van der Waals surface area contributed by atoms with Gasteiger partial charge >= 0.3 is 0 Å². The summed E-state index contributed by atoms with van der Waals surface area (Å²) in [6, 6.07) is 17.1. The van der Waals surface area contributed by atoms with Crippen molar-refractivity contribution in [1.82, 2.24) is 5.32 Å². The maximum atomic E-state index is 12.0. The number of aryl methyl sites for hydroxylation is 1. The lowest BCUT2D eigenvalue weighted by atomic mass is 10.1. The Hall–Kier alpha value is -1.65. The van der Waals surface area contributed by atoms with Crippen molar-refractivity contribution in [2.45, 2.75) is 18.9 Å². The lowest BCUT2D eigenvalue weighted by molar-refractivity contribution is -0.122. The lowest BCUT2D eigenvalue weighted by Gasteiger charge is -2.16. The quantitative estimate of drug-likeness (QED) is 0.842. The van der Waals surface area contributed by atoms with Gasteiger partial charge in [-0.1, -0.05) is 58.4 Å². The van der Waals surface area contributed by atoms with Crippen LogP contribution in [0.3, 0.4) is 0 Å². The van der Waals surface area contributed by atoms with Crippen molar-refractivity contribution < 1.29 is 9.90 Å². The van der Waals surface area contributed by atoms with Crippen LogP contribution < -0.4 is 5.32 Å². The van der Waals surface area contributed by atoms with Gasteiger partial charge in [0.15, 0.2) is 0 Å². The number of aliphatic hydroxyl groups is 1. The van der Waals surface area contributed by atoms with Crippen LogP contribution in [0.25, 0.3) is 0 Å². The maximum Gasteiger partial charge on any atom is 0.220 e. The van der Waals surface area contributed by atoms with Gasteiger partial charge in [0.05, 0.1) is 12.6 Å². The average molecular weight is 348 g/mol. The minimum Gasteiger partial charge on any atom is -0.394 e. The predicted octanol–water partition coefficient (Wildman–Crippen LogP) is 3.23. The predicted molar refractivity (Wildman–Crippen MR) is 86.9 cm³/mol. The minimum absolute atomic E-state index is 0.0575. The first kappa shape index (κ1) is 15.7. The molecule has 4 heteroatoms. The van der Waals surface area contributed by atoms with Gasteiger partial charge in [-0.2, -0.15) is 0 Å². The van der Waals surface area contributed by atoms with E-state index in [-0.39, 0.29) is 18.6 Å². The molecule has 2 aromatic carbocycles. The molecule has 21 heavy (non-hydrogen) atoms. The molecule has 0 bridgehead atoms. The second kappa shape index (κ2) is 7.96. The molecule has 1 unspecified atom stereocenters. The zero-order chi connectivity index (χ0) is 15.1. The summed E-state index contributed by atoms with van der Waals surface area (Å²) in [5.74, 6) is -0.0575. The Bertz CT molecular complexity index is 586. The van der Waals surface area contributed by atoms with Crippen LogP contribution in [0.5, 0.6) is 0 Å². The summed E-state index contributed by atoms with van der Waals surface area (Å²) < 4.78 is 1.01. The highest BCUT2D eigenvalue weighted by Gasteiger charge is 2.13. The number of carbonyl (C=O) groups is 1. The first-order valence-electron chi connectivity index (χ1n) is 6.88. The molecule has 2 N–H and O–H groups in total. The SMILES string of the molecule is O=C(CCc1cccc(Br)c1)NC(CO)c1ccccc1. The Morgan fingerprint density at radius 2 is 1.90 bits per heavy atom. The number of nitrogens with one attached hydrogen (secondary N) is 1. The van der Waals surface area contributed by atoms with Crippen molar-refractivity contribution in [3.05, 3.63) is 70.2 Å². The van der Waals surface area contributed by atoms with Crippen LogP contribution >= 0.6 is 15.9 Å². The van der Waals surface area contributed by atoms with E-state index in [1.807, 2.05) is 54.6 Å². The zero-order valence-electron chi connectivity index (χ0n) is 11.6. The van der Waals surface area contributed by atoms with Crippen molar-refractivity contribution in [3.8, 4) is 0 Å². The Balaban J connectivity index is 1.89. The number of aliphatic hydroxyl groups excluding tert-OH is 1. The van der Waals surface area contributed by atoms with Crippen molar-refractivity contribution in [2.24, 2.45) is 0 Å². The van der Waals surface area contributed by atoms with Crippen molar-refractivity contribution in [1.29, 1.82) is 0 Å². The molecule has 0 saturated heterocycles. The maximum absolute atomic E-state index is 12.0. The van der Waals surface area contributed by atoms with Gasteiger partial charge < -0.3 is 10.4 Å². The highest BCUT2D eigenvalue weighted by atomic mass is 79.9. The van der Waals surface area contributed by atoms with Crippen LogP contribution in [0.2, 0.25) is 0 Å². The molecule has 0 aliphatic carbocycles. The Morgan fingerprint density at radius 1 is 1.14 bits per heavy atom. The monoisotopic (exact) mass is 347 g/mol. The van der Waals surface area contributed by atoms with E-state index < -0.39 is 0 Å². The molecule has 0 aliphatic rings. The third-order valence-corrected chi connectivity index (χ3v) is 3.74. The number of rotatable bonds is 6. The van der Waals surface area contributed by atoms with E-state index in [4.69, 9.17) is 0 Å². The number of hydrogen-bond acceptors (Lipinski definition) is 2. The van der Waals surface area contributed by atoms with Crippen LogP contribution in [-0.2, 0) is 11.2 Å². The van der Waals surface area contributed by atoms with Gasteiger partial charge in [0, 0.05) is 10.9 Å². The first-order chi connectivity index (χ1) is 10.2. The highest BCUT2D eigenvalue weighted by molar-refractivity contribution is 9.10. The van der Waals surface area contributed by atoms with Gasteiger partial charge in [-0.05, 0) is 29.7 Å². The lowest BCUT2D eigenvalue weighted by Crippen LogP contribution is -2.30. The summed E-state index contributed by atoms with van der Waals surface area (Å²) in [7, 11) is 0. The molecule has 1 amide bonds. The Kier molecular flexibility index (Phi) is 5.96. The van der Waals surface area contributed by atoms with Crippen LogP contribution in [0, 0.1) is 0 Å². The Labute approximate surface area is 133 Å². The fourth-order valence-corrected chi connectivity index (χ4v) is 2.58. The molecule has 3 nitrogen and oxygen atoms in total. The number of benzene rings is 2. The van der Waals surface area contributed by atoms with E-state index in [1.165, 1.54) is 0 Å². The molecule has 0 spiro atoms. The van der Waals surface area contributed by atoms with Crippen LogP contribution in [0.4, 0.5) is 0 Å². The van der Waals surface area contributed by atoms with Crippen LogP contribution in [0.1, 0.15) is 23.6 Å². The fraction of sp³-hybridized carbons (Fsp3) is 0.235. The molecule has 0 saturated carbocycles. The molecule has 0 radical (unpaired) electrons. The summed E-state index contributed by atoms with van der Waals surface area (Å²) in [5.41, 5.74) is 2.02. The summed E-state index contributed by atoms with van der Waals surface area (Å²) in [4.78, 5) is 12.0. The van der Waals surface area contributed by atoms with E-state index in [0.717, 1.165) is 15.6 Å². The largest absolute Gasteiger partial charge is 0.394 e. The minimum atomic E-state index is -0.346. The number of halogens is 1. The normalized spacial score (nSPS) is 11.9. The topological polar surface area (TPSA) is 49.3 Å². The molecule has 2 rings (SSSR count). The first-order valence-corrected chi connectivity index (χ1v) is 7.68. The smallest absolute Gasteiger partial charge is 0.220 e. The van der Waals surface area contributed by atoms with Gasteiger partial charge in [-0.15, -0.1) is 0 Å². The van der Waals surface area contributed by atoms with Crippen LogP contribution in [0.15, 0.2) is 59.1 Å². The van der Waals surface area contributed by atoms with Gasteiger partial charge in [0.1, 0.15) is 0 Å². The summed E-state index contributed by atoms with van der Waals surface area (Å²) in [6.07, 6.45) is 1.08. The summed E-state index contributed by atoms with van der Waals surface area (Å²) in [6.45, 7) is -0.105. The second-order valence-corrected chi connectivity index (χ2v) is 5.76. The summed E-state index contributed by atoms with van der Waals surface area (Å²) in [5, 5.41) is 12.3. The number of carbonyl (C=O) groups excluding carboxylic acids is 1. The van der Waals surface area contributed by atoms with Crippen molar-refractivity contribution in [2.75, 3.05) is 6.61 Å². The van der Waals surface area contributed by atoms with Crippen molar-refractivity contribution in [3.63, 3.8) is 0 Å².